The zero-order valence-corrected chi connectivity index (χ0v) is 17.8. The van der Waals surface area contributed by atoms with Crippen LogP contribution in [0.5, 0.6) is 0 Å². The number of nitrogens with zero attached hydrogens (tertiary/aromatic N) is 2. The summed E-state index contributed by atoms with van der Waals surface area (Å²) in [5, 5.41) is 9.89. The lowest BCUT2D eigenvalue weighted by Gasteiger charge is -2.16. The molecule has 1 aliphatic carbocycles. The van der Waals surface area contributed by atoms with Crippen LogP contribution in [-0.4, -0.2) is 36.1 Å². The minimum absolute atomic E-state index is 0.00136. The Bertz CT molecular complexity index is 1080. The van der Waals surface area contributed by atoms with Crippen molar-refractivity contribution >= 4 is 27.5 Å². The zero-order valence-electron chi connectivity index (χ0n) is 17.0. The molecule has 2 aromatic rings. The Hall–Kier alpha value is -2.68. The predicted octanol–water partition coefficient (Wildman–Crippen LogP) is 2.39. The fraction of sp³-hybridized carbons (Fsp3) is 0.476. The smallest absolute Gasteiger partial charge is 0.314 e. The predicted molar refractivity (Wildman–Crippen MR) is 113 cm³/mol. The minimum atomic E-state index is -3.30. The second-order valence-corrected chi connectivity index (χ2v) is 10.2. The van der Waals surface area contributed by atoms with E-state index >= 15 is 0 Å². The Morgan fingerprint density at radius 2 is 1.80 bits per heavy atom. The van der Waals surface area contributed by atoms with Crippen LogP contribution in [0.15, 0.2) is 24.3 Å². The molecule has 9 heteroatoms. The van der Waals surface area contributed by atoms with E-state index in [2.05, 4.69) is 15.7 Å². The maximum Gasteiger partial charge on any atom is 0.314 e. The van der Waals surface area contributed by atoms with Crippen LogP contribution < -0.4 is 10.6 Å². The Labute approximate surface area is 176 Å². The summed E-state index contributed by atoms with van der Waals surface area (Å²) >= 11 is 0. The lowest BCUT2D eigenvalue weighted by Crippen LogP contribution is -2.42. The van der Waals surface area contributed by atoms with Crippen molar-refractivity contribution in [2.24, 2.45) is 0 Å². The fourth-order valence-electron chi connectivity index (χ4n) is 4.16. The molecule has 0 saturated heterocycles. The van der Waals surface area contributed by atoms with E-state index in [9.17, 15) is 18.0 Å². The number of hydrogen-bond donors (Lipinski definition) is 2. The van der Waals surface area contributed by atoms with Crippen molar-refractivity contribution in [3.05, 3.63) is 41.1 Å². The van der Waals surface area contributed by atoms with Crippen LogP contribution in [0, 0.1) is 6.92 Å². The highest BCUT2D eigenvalue weighted by Gasteiger charge is 2.34. The summed E-state index contributed by atoms with van der Waals surface area (Å²) < 4.78 is 25.7. The lowest BCUT2D eigenvalue weighted by atomic mass is 10.1. The SMILES string of the molecule is Cc1cccc(-n2nc3c(c2NC(=O)C(=O)NC2CCCCCC2)CS(=O)(=O)C3)c1. The first-order valence-corrected chi connectivity index (χ1v) is 12.1. The van der Waals surface area contributed by atoms with Crippen LogP contribution in [0.2, 0.25) is 0 Å². The van der Waals surface area contributed by atoms with Crippen LogP contribution in [0.3, 0.4) is 0 Å². The maximum atomic E-state index is 12.7. The van der Waals surface area contributed by atoms with E-state index in [1.807, 2.05) is 31.2 Å². The molecule has 1 aromatic heterocycles. The van der Waals surface area contributed by atoms with Gasteiger partial charge in [0.15, 0.2) is 9.84 Å². The van der Waals surface area contributed by atoms with Gasteiger partial charge in [0, 0.05) is 11.6 Å². The van der Waals surface area contributed by atoms with Gasteiger partial charge in [0.05, 0.1) is 22.9 Å². The van der Waals surface area contributed by atoms with Gasteiger partial charge in [-0.05, 0) is 37.5 Å². The summed E-state index contributed by atoms with van der Waals surface area (Å²) in [6.45, 7) is 1.93. The van der Waals surface area contributed by atoms with Crippen LogP contribution in [0.1, 0.15) is 55.3 Å². The van der Waals surface area contributed by atoms with Crippen molar-refractivity contribution in [2.75, 3.05) is 5.32 Å². The number of carbonyl (C=O) groups excluding carboxylic acids is 2. The molecule has 0 atom stereocenters. The average molecular weight is 431 g/mol. The van der Waals surface area contributed by atoms with Gasteiger partial charge in [0.1, 0.15) is 5.82 Å². The van der Waals surface area contributed by atoms with Gasteiger partial charge in [-0.1, -0.05) is 37.8 Å². The van der Waals surface area contributed by atoms with Gasteiger partial charge in [0.25, 0.3) is 0 Å². The summed E-state index contributed by atoms with van der Waals surface area (Å²) in [7, 11) is -3.30. The molecule has 1 aromatic carbocycles. The number of amides is 2. The lowest BCUT2D eigenvalue weighted by molar-refractivity contribution is -0.136. The van der Waals surface area contributed by atoms with Crippen LogP contribution in [0.25, 0.3) is 5.69 Å². The Morgan fingerprint density at radius 3 is 2.50 bits per heavy atom. The number of fused-ring (bicyclic) bond motifs is 1. The van der Waals surface area contributed by atoms with Gasteiger partial charge in [-0.2, -0.15) is 5.10 Å². The van der Waals surface area contributed by atoms with E-state index in [4.69, 9.17) is 0 Å². The van der Waals surface area contributed by atoms with Crippen molar-refractivity contribution in [3.63, 3.8) is 0 Å². The number of anilines is 1. The molecule has 30 heavy (non-hydrogen) atoms. The molecule has 2 aliphatic rings. The summed E-state index contributed by atoms with van der Waals surface area (Å²) in [6.07, 6.45) is 6.11. The molecule has 1 aliphatic heterocycles. The van der Waals surface area contributed by atoms with Crippen LogP contribution in [-0.2, 0) is 30.9 Å². The first kappa shape index (κ1) is 20.6. The Morgan fingerprint density at radius 1 is 1.07 bits per heavy atom. The maximum absolute atomic E-state index is 12.7. The molecule has 0 bridgehead atoms. The average Bonchev–Trinajstić information content (AvgIpc) is 3.02. The summed E-state index contributed by atoms with van der Waals surface area (Å²) in [6, 6.07) is 7.50. The molecule has 1 fully saturated rings. The number of nitrogens with one attached hydrogen (secondary N) is 2. The van der Waals surface area contributed by atoms with E-state index in [-0.39, 0.29) is 23.4 Å². The van der Waals surface area contributed by atoms with E-state index in [1.54, 1.807) is 0 Å². The van der Waals surface area contributed by atoms with Crippen LogP contribution in [0.4, 0.5) is 5.82 Å². The van der Waals surface area contributed by atoms with Crippen molar-refractivity contribution in [1.29, 1.82) is 0 Å². The molecular weight excluding hydrogens is 404 g/mol. The molecular formula is C21H26N4O4S. The number of hydrogen-bond acceptors (Lipinski definition) is 5. The quantitative estimate of drug-likeness (QED) is 0.574. The number of aryl methyl sites for hydroxylation is 1. The van der Waals surface area contributed by atoms with Crippen LogP contribution >= 0.6 is 0 Å². The molecule has 1 saturated carbocycles. The van der Waals surface area contributed by atoms with Gasteiger partial charge in [-0.25, -0.2) is 13.1 Å². The molecule has 160 valence electrons. The summed E-state index contributed by atoms with van der Waals surface area (Å²) in [5.74, 6) is -1.63. The topological polar surface area (TPSA) is 110 Å². The molecule has 2 amide bonds. The van der Waals surface area contributed by atoms with E-state index in [0.717, 1.165) is 44.1 Å². The highest BCUT2D eigenvalue weighted by atomic mass is 32.2. The van der Waals surface area contributed by atoms with Gasteiger partial charge in [0.2, 0.25) is 0 Å². The summed E-state index contributed by atoms with van der Waals surface area (Å²) in [4.78, 5) is 25.2. The first-order chi connectivity index (χ1) is 14.3. The van der Waals surface area contributed by atoms with Gasteiger partial charge in [-0.3, -0.25) is 9.59 Å². The minimum Gasteiger partial charge on any atom is -0.345 e. The second-order valence-electron chi connectivity index (χ2n) is 8.17. The molecule has 8 nitrogen and oxygen atoms in total. The standard InChI is InChI=1S/C21H26N4O4S/c1-14-7-6-10-16(11-14)25-19(17-12-30(28,29)13-18(17)24-25)23-21(27)20(26)22-15-8-4-2-3-5-9-15/h6-7,10-11,15H,2-5,8-9,12-13H2,1H3,(H,22,26)(H,23,27). The largest absolute Gasteiger partial charge is 0.345 e. The monoisotopic (exact) mass is 430 g/mol. The number of aromatic nitrogens is 2. The van der Waals surface area contributed by atoms with Crippen molar-refractivity contribution in [1.82, 2.24) is 15.1 Å². The number of rotatable bonds is 3. The first-order valence-electron chi connectivity index (χ1n) is 10.3. The second kappa shape index (κ2) is 8.22. The molecule has 4 rings (SSSR count). The fourth-order valence-corrected chi connectivity index (χ4v) is 5.65. The van der Waals surface area contributed by atoms with Crippen molar-refractivity contribution in [3.8, 4) is 5.69 Å². The third-order valence-electron chi connectivity index (χ3n) is 5.66. The number of carbonyl (C=O) groups is 2. The van der Waals surface area contributed by atoms with E-state index in [1.165, 1.54) is 4.68 Å². The number of sulfone groups is 1. The van der Waals surface area contributed by atoms with E-state index < -0.39 is 21.7 Å². The van der Waals surface area contributed by atoms with Gasteiger partial charge >= 0.3 is 11.8 Å². The molecule has 0 unspecified atom stereocenters. The zero-order chi connectivity index (χ0) is 21.3. The Kier molecular flexibility index (Phi) is 5.64. The Balaban J connectivity index is 1.59. The normalized spacial score (nSPS) is 18.4. The third-order valence-corrected chi connectivity index (χ3v) is 7.10. The summed E-state index contributed by atoms with van der Waals surface area (Å²) in [5.41, 5.74) is 2.56. The molecule has 2 N–H and O–H groups in total. The van der Waals surface area contributed by atoms with Crippen molar-refractivity contribution < 1.29 is 18.0 Å². The van der Waals surface area contributed by atoms with E-state index in [0.29, 0.717) is 16.9 Å². The highest BCUT2D eigenvalue weighted by Crippen LogP contribution is 2.33. The molecule has 0 radical (unpaired) electrons. The van der Waals surface area contributed by atoms with Crippen molar-refractivity contribution in [2.45, 2.75) is 63.0 Å². The molecule has 0 spiro atoms. The third kappa shape index (κ3) is 4.40. The van der Waals surface area contributed by atoms with Gasteiger partial charge < -0.3 is 10.6 Å². The highest BCUT2D eigenvalue weighted by molar-refractivity contribution is 7.90. The molecule has 2 heterocycles. The van der Waals surface area contributed by atoms with Gasteiger partial charge in [-0.15, -0.1) is 0 Å². The number of benzene rings is 1.